The highest BCUT2D eigenvalue weighted by atomic mass is 35.5. The molecule has 1 aromatic carbocycles. The summed E-state index contributed by atoms with van der Waals surface area (Å²) in [4.78, 5) is 20.5. The Bertz CT molecular complexity index is 478. The zero-order valence-corrected chi connectivity index (χ0v) is 9.74. The fraction of sp³-hybridized carbons (Fsp3) is 0.300. The van der Waals surface area contributed by atoms with Crippen LogP contribution in [0.3, 0.4) is 0 Å². The number of halogens is 1. The number of carbonyl (C=O) groups excluding carboxylic acids is 1. The third-order valence-corrected chi connectivity index (χ3v) is 2.65. The largest absolute Gasteiger partial charge is 0.507 e. The quantitative estimate of drug-likeness (QED) is 0.315. The second kappa shape index (κ2) is 5.76. The number of aromatic hydroxyl groups is 1. The number of nitrogens with zero attached hydrogens (tertiary/aromatic N) is 1. The van der Waals surface area contributed by atoms with Gasteiger partial charge in [-0.3, -0.25) is 14.9 Å². The van der Waals surface area contributed by atoms with Crippen LogP contribution < -0.4 is 0 Å². The highest BCUT2D eigenvalue weighted by molar-refractivity contribution is 6.18. The second-order valence-electron chi connectivity index (χ2n) is 3.51. The van der Waals surface area contributed by atoms with E-state index in [2.05, 4.69) is 0 Å². The van der Waals surface area contributed by atoms with E-state index in [1.807, 2.05) is 0 Å². The summed E-state index contributed by atoms with van der Waals surface area (Å²) in [7, 11) is 0. The van der Waals surface area contributed by atoms with Gasteiger partial charge in [0.05, 0.1) is 22.5 Å². The van der Waals surface area contributed by atoms with E-state index in [4.69, 9.17) is 11.6 Å². The fourth-order valence-corrected chi connectivity index (χ4v) is 1.54. The van der Waals surface area contributed by atoms with Crippen LogP contribution >= 0.6 is 11.6 Å². The van der Waals surface area contributed by atoms with Gasteiger partial charge in [-0.2, -0.15) is 0 Å². The van der Waals surface area contributed by atoms with Crippen molar-refractivity contribution in [1.82, 2.24) is 0 Å². The van der Waals surface area contributed by atoms with E-state index in [1.54, 1.807) is 0 Å². The van der Waals surface area contributed by atoms with Crippen LogP contribution in [-0.2, 0) is 0 Å². The molecule has 0 saturated heterocycles. The number of phenols is 1. The van der Waals surface area contributed by atoms with Crippen molar-refractivity contribution < 1.29 is 25.0 Å². The van der Waals surface area contributed by atoms with Crippen molar-refractivity contribution in [3.8, 4) is 5.75 Å². The Hall–Kier alpha value is -1.70. The lowest BCUT2D eigenvalue weighted by atomic mass is 10.0. The molecule has 2 atom stereocenters. The molecule has 0 aliphatic rings. The molecule has 0 aliphatic carbocycles. The van der Waals surface area contributed by atoms with Crippen molar-refractivity contribution in [1.29, 1.82) is 0 Å². The summed E-state index contributed by atoms with van der Waals surface area (Å²) >= 11 is 5.33. The molecule has 0 fully saturated rings. The van der Waals surface area contributed by atoms with Crippen molar-refractivity contribution in [2.45, 2.75) is 12.2 Å². The Morgan fingerprint density at radius 1 is 1.44 bits per heavy atom. The van der Waals surface area contributed by atoms with Crippen LogP contribution in [0.1, 0.15) is 22.0 Å². The van der Waals surface area contributed by atoms with Gasteiger partial charge in [-0.05, 0) is 0 Å². The molecule has 98 valence electrons. The lowest BCUT2D eigenvalue weighted by molar-refractivity contribution is -0.385. The number of nitro benzene ring substituents is 1. The number of aldehydes is 1. The van der Waals surface area contributed by atoms with Crippen molar-refractivity contribution in [2.75, 3.05) is 5.88 Å². The smallest absolute Gasteiger partial charge is 0.270 e. The van der Waals surface area contributed by atoms with Crippen LogP contribution in [0.4, 0.5) is 5.69 Å². The van der Waals surface area contributed by atoms with Gasteiger partial charge in [0.25, 0.3) is 5.69 Å². The van der Waals surface area contributed by atoms with Crippen molar-refractivity contribution in [2.24, 2.45) is 0 Å². The minimum atomic E-state index is -1.62. The first kappa shape index (κ1) is 14.4. The number of nitro groups is 1. The Kier molecular flexibility index (Phi) is 4.60. The Labute approximate surface area is 106 Å². The van der Waals surface area contributed by atoms with E-state index < -0.39 is 28.6 Å². The first-order chi connectivity index (χ1) is 8.42. The van der Waals surface area contributed by atoms with Gasteiger partial charge in [0.1, 0.15) is 11.9 Å². The van der Waals surface area contributed by atoms with Gasteiger partial charge in [-0.1, -0.05) is 0 Å². The molecule has 0 spiro atoms. The molecule has 2 unspecified atom stereocenters. The average Bonchev–Trinajstić information content (AvgIpc) is 2.36. The molecule has 0 aliphatic heterocycles. The monoisotopic (exact) mass is 275 g/mol. The van der Waals surface area contributed by atoms with Crippen LogP contribution in [0.15, 0.2) is 12.1 Å². The maximum Gasteiger partial charge on any atom is 0.270 e. The van der Waals surface area contributed by atoms with E-state index in [-0.39, 0.29) is 23.3 Å². The number of aliphatic hydroxyl groups excluding tert-OH is 2. The molecule has 0 radical (unpaired) electrons. The van der Waals surface area contributed by atoms with Crippen molar-refractivity contribution in [3.63, 3.8) is 0 Å². The Morgan fingerprint density at radius 2 is 2.06 bits per heavy atom. The maximum atomic E-state index is 10.7. The predicted octanol–water partition coefficient (Wildman–Crippen LogP) is 0.746. The standard InChI is InChI=1S/C10H10ClNO6/c11-3-8(14)10(16)7-2-6(12(17)18)1-5(4-13)9(7)15/h1-2,4,8,10,14-16H,3H2. The van der Waals surface area contributed by atoms with Gasteiger partial charge < -0.3 is 15.3 Å². The first-order valence-corrected chi connectivity index (χ1v) is 5.34. The average molecular weight is 276 g/mol. The molecule has 1 rings (SSSR count). The number of hydrogen-bond acceptors (Lipinski definition) is 6. The number of rotatable bonds is 5. The number of phenolic OH excluding ortho intramolecular Hbond substituents is 1. The summed E-state index contributed by atoms with van der Waals surface area (Å²) in [6.45, 7) is 0. The van der Waals surface area contributed by atoms with Gasteiger partial charge in [0.2, 0.25) is 0 Å². The first-order valence-electron chi connectivity index (χ1n) is 4.81. The van der Waals surface area contributed by atoms with Crippen LogP contribution in [0.2, 0.25) is 0 Å². The molecule has 3 N–H and O–H groups in total. The van der Waals surface area contributed by atoms with Crippen LogP contribution in [0.25, 0.3) is 0 Å². The molecule has 7 nitrogen and oxygen atoms in total. The van der Waals surface area contributed by atoms with E-state index in [9.17, 15) is 30.2 Å². The third kappa shape index (κ3) is 2.76. The van der Waals surface area contributed by atoms with E-state index in [0.29, 0.717) is 0 Å². The molecule has 0 heterocycles. The Morgan fingerprint density at radius 3 is 2.50 bits per heavy atom. The number of alkyl halides is 1. The van der Waals surface area contributed by atoms with Gasteiger partial charge in [0, 0.05) is 17.7 Å². The number of benzene rings is 1. The van der Waals surface area contributed by atoms with E-state index in [0.717, 1.165) is 12.1 Å². The lowest BCUT2D eigenvalue weighted by Crippen LogP contribution is -2.20. The highest BCUT2D eigenvalue weighted by Gasteiger charge is 2.25. The molecular weight excluding hydrogens is 266 g/mol. The third-order valence-electron chi connectivity index (χ3n) is 2.33. The van der Waals surface area contributed by atoms with E-state index in [1.165, 1.54) is 0 Å². The lowest BCUT2D eigenvalue weighted by Gasteiger charge is -2.17. The minimum Gasteiger partial charge on any atom is -0.507 e. The second-order valence-corrected chi connectivity index (χ2v) is 3.82. The fourth-order valence-electron chi connectivity index (χ4n) is 1.38. The number of hydrogen-bond donors (Lipinski definition) is 3. The molecule has 1 aromatic rings. The summed E-state index contributed by atoms with van der Waals surface area (Å²) in [5.74, 6) is -0.952. The van der Waals surface area contributed by atoms with Crippen LogP contribution in [0, 0.1) is 10.1 Å². The molecule has 0 aromatic heterocycles. The van der Waals surface area contributed by atoms with Crippen LogP contribution in [0.5, 0.6) is 5.75 Å². The SMILES string of the molecule is O=Cc1cc([N+](=O)[O-])cc(C(O)C(O)CCl)c1O. The molecule has 0 saturated carbocycles. The van der Waals surface area contributed by atoms with Crippen molar-refractivity contribution >= 4 is 23.6 Å². The number of non-ortho nitro benzene ring substituents is 1. The highest BCUT2D eigenvalue weighted by Crippen LogP contribution is 2.33. The number of aliphatic hydroxyl groups is 2. The summed E-state index contributed by atoms with van der Waals surface area (Å²) in [5.41, 5.74) is -1.15. The predicted molar refractivity (Wildman–Crippen MR) is 61.8 cm³/mol. The molecule has 8 heteroatoms. The minimum absolute atomic E-state index is 0.214. The van der Waals surface area contributed by atoms with Gasteiger partial charge >= 0.3 is 0 Å². The summed E-state index contributed by atoms with van der Waals surface area (Å²) in [6, 6.07) is 1.74. The zero-order valence-electron chi connectivity index (χ0n) is 8.99. The summed E-state index contributed by atoms with van der Waals surface area (Å²) in [5, 5.41) is 39.3. The zero-order chi connectivity index (χ0) is 13.9. The Balaban J connectivity index is 3.37. The topological polar surface area (TPSA) is 121 Å². The summed E-state index contributed by atoms with van der Waals surface area (Å²) < 4.78 is 0. The summed E-state index contributed by atoms with van der Waals surface area (Å²) in [6.07, 6.45) is -2.83. The maximum absolute atomic E-state index is 10.7. The molecule has 0 amide bonds. The van der Waals surface area contributed by atoms with Gasteiger partial charge in [-0.15, -0.1) is 11.6 Å². The van der Waals surface area contributed by atoms with E-state index >= 15 is 0 Å². The molecular formula is C10H10ClNO6. The normalized spacial score (nSPS) is 13.9. The molecule has 0 bridgehead atoms. The van der Waals surface area contributed by atoms with Gasteiger partial charge in [0.15, 0.2) is 6.29 Å². The van der Waals surface area contributed by atoms with Gasteiger partial charge in [-0.25, -0.2) is 0 Å². The molecule has 18 heavy (non-hydrogen) atoms. The van der Waals surface area contributed by atoms with Crippen molar-refractivity contribution in [3.05, 3.63) is 33.4 Å². The van der Waals surface area contributed by atoms with Crippen LogP contribution in [-0.4, -0.2) is 38.5 Å². The number of carbonyl (C=O) groups is 1.